The molecule has 1 aromatic carbocycles. The van der Waals surface area contributed by atoms with E-state index < -0.39 is 0 Å². The van der Waals surface area contributed by atoms with Gasteiger partial charge in [-0.25, -0.2) is 5.43 Å². The predicted molar refractivity (Wildman–Crippen MR) is 58.7 cm³/mol. The van der Waals surface area contributed by atoms with Gasteiger partial charge in [0.05, 0.1) is 13.2 Å². The van der Waals surface area contributed by atoms with E-state index in [4.69, 9.17) is 10.6 Å². The summed E-state index contributed by atoms with van der Waals surface area (Å²) in [6.45, 7) is 3.36. The van der Waals surface area contributed by atoms with E-state index in [1.807, 2.05) is 6.07 Å². The molecule has 0 saturated carbocycles. The first kappa shape index (κ1) is 10.1. The highest BCUT2D eigenvalue weighted by Crippen LogP contribution is 2.32. The van der Waals surface area contributed by atoms with Crippen LogP contribution in [0.1, 0.15) is 11.1 Å². The largest absolute Gasteiger partial charge is 0.377 e. The van der Waals surface area contributed by atoms with Crippen molar-refractivity contribution in [1.82, 2.24) is 5.43 Å². The molecule has 4 heteroatoms. The summed E-state index contributed by atoms with van der Waals surface area (Å²) in [6.07, 6.45) is 0. The first-order valence-corrected chi connectivity index (χ1v) is 5.29. The molecule has 3 nitrogen and oxygen atoms in total. The van der Waals surface area contributed by atoms with Crippen molar-refractivity contribution in [2.24, 2.45) is 5.84 Å². The van der Waals surface area contributed by atoms with Crippen LogP contribution in [0.4, 0.5) is 0 Å². The number of hydrogen-bond acceptors (Lipinski definition) is 3. The minimum Gasteiger partial charge on any atom is -0.377 e. The molecule has 1 aliphatic rings. The van der Waals surface area contributed by atoms with Crippen LogP contribution >= 0.6 is 15.9 Å². The summed E-state index contributed by atoms with van der Waals surface area (Å²) < 4.78 is 6.29. The lowest BCUT2D eigenvalue weighted by Crippen LogP contribution is -2.60. The van der Waals surface area contributed by atoms with Gasteiger partial charge in [-0.05, 0) is 30.2 Å². The molecule has 14 heavy (non-hydrogen) atoms. The Balaban J connectivity index is 2.43. The summed E-state index contributed by atoms with van der Waals surface area (Å²) in [7, 11) is 0. The molecule has 0 unspecified atom stereocenters. The van der Waals surface area contributed by atoms with Gasteiger partial charge in [0.2, 0.25) is 0 Å². The summed E-state index contributed by atoms with van der Waals surface area (Å²) in [4.78, 5) is 0. The van der Waals surface area contributed by atoms with Gasteiger partial charge in [0.15, 0.2) is 0 Å². The van der Waals surface area contributed by atoms with E-state index in [0.29, 0.717) is 13.2 Å². The standard InChI is InChI=1S/C10H13BrN2O/c1-7-2-3-8(11)4-9(7)10(13-12)5-14-6-10/h2-4,13H,5-6,12H2,1H3. The number of nitrogens with one attached hydrogen (secondary N) is 1. The molecule has 0 atom stereocenters. The number of ether oxygens (including phenoxy) is 1. The van der Waals surface area contributed by atoms with Crippen molar-refractivity contribution in [3.63, 3.8) is 0 Å². The number of hydrazine groups is 1. The van der Waals surface area contributed by atoms with E-state index in [1.165, 1.54) is 11.1 Å². The predicted octanol–water partition coefficient (Wildman–Crippen LogP) is 1.45. The maximum atomic E-state index is 5.57. The first-order chi connectivity index (χ1) is 6.68. The second-order valence-corrected chi connectivity index (χ2v) is 4.59. The van der Waals surface area contributed by atoms with Crippen molar-refractivity contribution < 1.29 is 4.74 Å². The Morgan fingerprint density at radius 1 is 1.50 bits per heavy atom. The number of aryl methyl sites for hydroxylation is 1. The molecular weight excluding hydrogens is 244 g/mol. The number of benzene rings is 1. The van der Waals surface area contributed by atoms with Crippen LogP contribution < -0.4 is 11.3 Å². The van der Waals surface area contributed by atoms with Crippen LogP contribution in [0.2, 0.25) is 0 Å². The minimum absolute atomic E-state index is 0.187. The molecule has 0 aliphatic carbocycles. The van der Waals surface area contributed by atoms with Crippen molar-refractivity contribution in [2.75, 3.05) is 13.2 Å². The van der Waals surface area contributed by atoms with Crippen LogP contribution in [0, 0.1) is 6.92 Å². The van der Waals surface area contributed by atoms with E-state index in [2.05, 4.69) is 40.4 Å². The van der Waals surface area contributed by atoms with Gasteiger partial charge in [-0.3, -0.25) is 5.84 Å². The monoisotopic (exact) mass is 256 g/mol. The molecule has 0 radical (unpaired) electrons. The number of nitrogens with two attached hydrogens (primary N) is 1. The lowest BCUT2D eigenvalue weighted by atomic mass is 9.86. The molecule has 1 saturated heterocycles. The number of rotatable bonds is 2. The van der Waals surface area contributed by atoms with Crippen molar-refractivity contribution in [1.29, 1.82) is 0 Å². The van der Waals surface area contributed by atoms with Gasteiger partial charge >= 0.3 is 0 Å². The van der Waals surface area contributed by atoms with Gasteiger partial charge < -0.3 is 4.74 Å². The Hall–Kier alpha value is -0.420. The zero-order valence-corrected chi connectivity index (χ0v) is 9.60. The Labute approximate surface area is 91.7 Å². The van der Waals surface area contributed by atoms with Gasteiger partial charge in [-0.2, -0.15) is 0 Å². The Morgan fingerprint density at radius 2 is 2.21 bits per heavy atom. The summed E-state index contributed by atoms with van der Waals surface area (Å²) in [5.41, 5.74) is 5.11. The van der Waals surface area contributed by atoms with Crippen LogP contribution in [0.15, 0.2) is 22.7 Å². The smallest absolute Gasteiger partial charge is 0.104 e. The second-order valence-electron chi connectivity index (χ2n) is 3.68. The van der Waals surface area contributed by atoms with Crippen molar-refractivity contribution in [3.8, 4) is 0 Å². The maximum Gasteiger partial charge on any atom is 0.104 e. The van der Waals surface area contributed by atoms with Crippen LogP contribution in [0.3, 0.4) is 0 Å². The molecule has 0 spiro atoms. The van der Waals surface area contributed by atoms with Gasteiger partial charge in [0, 0.05) is 4.47 Å². The molecule has 1 aromatic rings. The lowest BCUT2D eigenvalue weighted by molar-refractivity contribution is -0.0790. The highest BCUT2D eigenvalue weighted by molar-refractivity contribution is 9.10. The molecule has 0 bridgehead atoms. The average molecular weight is 257 g/mol. The minimum atomic E-state index is -0.187. The Bertz CT molecular complexity index is 344. The second kappa shape index (κ2) is 3.62. The van der Waals surface area contributed by atoms with Gasteiger partial charge in [-0.15, -0.1) is 0 Å². The Morgan fingerprint density at radius 3 is 2.71 bits per heavy atom. The third-order valence-electron chi connectivity index (χ3n) is 2.69. The highest BCUT2D eigenvalue weighted by atomic mass is 79.9. The average Bonchev–Trinajstić information content (AvgIpc) is 2.10. The van der Waals surface area contributed by atoms with Crippen molar-refractivity contribution in [3.05, 3.63) is 33.8 Å². The fraction of sp³-hybridized carbons (Fsp3) is 0.400. The highest BCUT2D eigenvalue weighted by Gasteiger charge is 2.40. The topological polar surface area (TPSA) is 47.3 Å². The molecule has 0 amide bonds. The summed E-state index contributed by atoms with van der Waals surface area (Å²) in [6, 6.07) is 6.21. The van der Waals surface area contributed by atoms with Crippen LogP contribution in [-0.2, 0) is 10.3 Å². The van der Waals surface area contributed by atoms with E-state index in [1.54, 1.807) is 0 Å². The van der Waals surface area contributed by atoms with Crippen LogP contribution in [0.5, 0.6) is 0 Å². The summed E-state index contributed by atoms with van der Waals surface area (Å²) in [5.74, 6) is 5.57. The third kappa shape index (κ3) is 1.48. The molecular formula is C10H13BrN2O. The zero-order chi connectivity index (χ0) is 10.2. The Kier molecular flexibility index (Phi) is 2.62. The molecule has 0 aromatic heterocycles. The number of halogens is 1. The summed E-state index contributed by atoms with van der Waals surface area (Å²) >= 11 is 3.46. The van der Waals surface area contributed by atoms with Crippen LogP contribution in [-0.4, -0.2) is 13.2 Å². The number of hydrogen-bond donors (Lipinski definition) is 2. The van der Waals surface area contributed by atoms with Gasteiger partial charge in [0.25, 0.3) is 0 Å². The first-order valence-electron chi connectivity index (χ1n) is 4.50. The normalized spacial score (nSPS) is 19.1. The van der Waals surface area contributed by atoms with Gasteiger partial charge in [0.1, 0.15) is 5.54 Å². The SMILES string of the molecule is Cc1ccc(Br)cc1C1(NN)COC1. The van der Waals surface area contributed by atoms with E-state index in [-0.39, 0.29) is 5.54 Å². The zero-order valence-electron chi connectivity index (χ0n) is 8.01. The van der Waals surface area contributed by atoms with E-state index >= 15 is 0 Å². The van der Waals surface area contributed by atoms with Crippen molar-refractivity contribution >= 4 is 15.9 Å². The molecule has 1 aliphatic heterocycles. The van der Waals surface area contributed by atoms with E-state index in [0.717, 1.165) is 4.47 Å². The fourth-order valence-electron chi connectivity index (χ4n) is 1.73. The quantitative estimate of drug-likeness (QED) is 0.622. The molecule has 2 rings (SSSR count). The third-order valence-corrected chi connectivity index (χ3v) is 3.18. The van der Waals surface area contributed by atoms with E-state index in [9.17, 15) is 0 Å². The van der Waals surface area contributed by atoms with Crippen molar-refractivity contribution in [2.45, 2.75) is 12.5 Å². The lowest BCUT2D eigenvalue weighted by Gasteiger charge is -2.42. The molecule has 76 valence electrons. The molecule has 3 N–H and O–H groups in total. The molecule has 1 heterocycles. The molecule has 1 fully saturated rings. The maximum absolute atomic E-state index is 5.57. The fourth-order valence-corrected chi connectivity index (χ4v) is 2.09. The summed E-state index contributed by atoms with van der Waals surface area (Å²) in [5, 5.41) is 0. The van der Waals surface area contributed by atoms with Gasteiger partial charge in [-0.1, -0.05) is 22.0 Å². The van der Waals surface area contributed by atoms with Crippen LogP contribution in [0.25, 0.3) is 0 Å².